The molecule has 3 amide bonds. The van der Waals surface area contributed by atoms with Crippen molar-refractivity contribution in [3.63, 3.8) is 0 Å². The van der Waals surface area contributed by atoms with Crippen LogP contribution in [0.25, 0.3) is 10.2 Å². The number of fused-ring (bicyclic) bond motifs is 1. The minimum atomic E-state index is -0.182. The molecule has 2 heterocycles. The number of benzene rings is 1. The number of hydrogen-bond donors (Lipinski definition) is 2. The summed E-state index contributed by atoms with van der Waals surface area (Å²) in [7, 11) is 1.77. The largest absolute Gasteiger partial charge is 0.344 e. The Morgan fingerprint density at radius 1 is 1.43 bits per heavy atom. The number of piperidine rings is 1. The smallest absolute Gasteiger partial charge is 0.315 e. The van der Waals surface area contributed by atoms with Crippen molar-refractivity contribution in [3.8, 4) is 0 Å². The van der Waals surface area contributed by atoms with Crippen molar-refractivity contribution in [2.75, 3.05) is 20.1 Å². The van der Waals surface area contributed by atoms with Crippen LogP contribution >= 0.6 is 11.3 Å². The fourth-order valence-electron chi connectivity index (χ4n) is 2.68. The maximum atomic E-state index is 11.9. The van der Waals surface area contributed by atoms with Crippen LogP contribution in [0.4, 0.5) is 4.79 Å². The number of rotatable bonds is 4. The van der Waals surface area contributed by atoms with E-state index in [1.807, 2.05) is 18.2 Å². The lowest BCUT2D eigenvalue weighted by Crippen LogP contribution is -2.51. The van der Waals surface area contributed by atoms with E-state index in [0.717, 1.165) is 16.9 Å². The third kappa shape index (κ3) is 3.98. The van der Waals surface area contributed by atoms with Gasteiger partial charge < -0.3 is 15.5 Å². The molecule has 1 aliphatic rings. The lowest BCUT2D eigenvalue weighted by Gasteiger charge is -2.30. The van der Waals surface area contributed by atoms with E-state index >= 15 is 0 Å². The van der Waals surface area contributed by atoms with Crippen LogP contribution in [0.1, 0.15) is 17.8 Å². The topological polar surface area (TPSA) is 74.3 Å². The van der Waals surface area contributed by atoms with Gasteiger partial charge in [0.25, 0.3) is 0 Å². The van der Waals surface area contributed by atoms with Crippen molar-refractivity contribution in [1.29, 1.82) is 0 Å². The van der Waals surface area contributed by atoms with Crippen molar-refractivity contribution >= 4 is 33.5 Å². The summed E-state index contributed by atoms with van der Waals surface area (Å²) in [5, 5.41) is 6.81. The summed E-state index contributed by atoms with van der Waals surface area (Å²) >= 11 is 1.66. The van der Waals surface area contributed by atoms with Gasteiger partial charge in [-0.1, -0.05) is 12.1 Å². The van der Waals surface area contributed by atoms with E-state index in [1.54, 1.807) is 23.3 Å². The number of carbonyl (C=O) groups excluding carboxylic acids is 2. The first-order chi connectivity index (χ1) is 11.1. The Kier molecular flexibility index (Phi) is 4.76. The maximum absolute atomic E-state index is 11.9. The summed E-state index contributed by atoms with van der Waals surface area (Å²) in [5.74, 6) is 0.138. The normalized spacial score (nSPS) is 18.2. The molecule has 1 aromatic carbocycles. The van der Waals surface area contributed by atoms with Gasteiger partial charge >= 0.3 is 6.03 Å². The molecule has 1 saturated heterocycles. The van der Waals surface area contributed by atoms with E-state index < -0.39 is 0 Å². The summed E-state index contributed by atoms with van der Waals surface area (Å²) in [6.45, 7) is 1.12. The van der Waals surface area contributed by atoms with Gasteiger partial charge in [0, 0.05) is 39.0 Å². The van der Waals surface area contributed by atoms with Gasteiger partial charge in [0.05, 0.1) is 15.2 Å². The molecular formula is C16H20N4O2S. The molecule has 0 spiro atoms. The molecule has 1 unspecified atom stereocenters. The Morgan fingerprint density at radius 2 is 2.26 bits per heavy atom. The van der Waals surface area contributed by atoms with Gasteiger partial charge in [-0.2, -0.15) is 0 Å². The van der Waals surface area contributed by atoms with Crippen molar-refractivity contribution in [3.05, 3.63) is 29.3 Å². The molecule has 0 aliphatic carbocycles. The van der Waals surface area contributed by atoms with Crippen LogP contribution in [0, 0.1) is 0 Å². The summed E-state index contributed by atoms with van der Waals surface area (Å²) in [5.41, 5.74) is 1.01. The number of hydrogen-bond acceptors (Lipinski definition) is 4. The van der Waals surface area contributed by atoms with Crippen LogP contribution in [0.3, 0.4) is 0 Å². The zero-order valence-corrected chi connectivity index (χ0v) is 13.9. The van der Waals surface area contributed by atoms with Gasteiger partial charge in [-0.15, -0.1) is 11.3 Å². The zero-order chi connectivity index (χ0) is 16.2. The van der Waals surface area contributed by atoms with E-state index in [1.165, 1.54) is 4.70 Å². The molecule has 0 bridgehead atoms. The lowest BCUT2D eigenvalue weighted by atomic mass is 10.1. The van der Waals surface area contributed by atoms with Gasteiger partial charge in [0.1, 0.15) is 0 Å². The fraction of sp³-hybridized carbons (Fsp3) is 0.438. The average molecular weight is 332 g/mol. The number of likely N-dealkylation sites (N-methyl/N-ethyl adjacent to an activating group) is 1. The number of carbonyl (C=O) groups is 2. The SMILES string of the molecule is CN1CC(NC(=O)NCCc2nc3ccccc3s2)CCC1=O. The monoisotopic (exact) mass is 332 g/mol. The number of para-hydroxylation sites is 1. The summed E-state index contributed by atoms with van der Waals surface area (Å²) in [4.78, 5) is 29.5. The van der Waals surface area contributed by atoms with E-state index in [2.05, 4.69) is 21.7 Å². The van der Waals surface area contributed by atoms with Crippen LogP contribution in [-0.2, 0) is 11.2 Å². The van der Waals surface area contributed by atoms with Gasteiger partial charge in [-0.25, -0.2) is 9.78 Å². The third-order valence-electron chi connectivity index (χ3n) is 3.92. The molecule has 2 N–H and O–H groups in total. The van der Waals surface area contributed by atoms with Crippen LogP contribution < -0.4 is 10.6 Å². The van der Waals surface area contributed by atoms with Crippen LogP contribution in [0.15, 0.2) is 24.3 Å². The van der Waals surface area contributed by atoms with Crippen LogP contribution in [-0.4, -0.2) is 48.0 Å². The third-order valence-corrected chi connectivity index (χ3v) is 5.02. The maximum Gasteiger partial charge on any atom is 0.315 e. The van der Waals surface area contributed by atoms with Crippen molar-refractivity contribution < 1.29 is 9.59 Å². The number of urea groups is 1. The van der Waals surface area contributed by atoms with Gasteiger partial charge in [-0.3, -0.25) is 4.79 Å². The summed E-state index contributed by atoms with van der Waals surface area (Å²) < 4.78 is 1.17. The fourth-order valence-corrected chi connectivity index (χ4v) is 3.64. The highest BCUT2D eigenvalue weighted by atomic mass is 32.1. The molecule has 23 heavy (non-hydrogen) atoms. The molecule has 1 fully saturated rings. The number of aromatic nitrogens is 1. The number of thiazole rings is 1. The van der Waals surface area contributed by atoms with Gasteiger partial charge in [-0.05, 0) is 18.6 Å². The lowest BCUT2D eigenvalue weighted by molar-refractivity contribution is -0.132. The molecule has 2 aromatic rings. The molecule has 7 heteroatoms. The second-order valence-electron chi connectivity index (χ2n) is 5.74. The summed E-state index contributed by atoms with van der Waals surface area (Å²) in [6.07, 6.45) is 1.91. The first kappa shape index (κ1) is 15.7. The number of amides is 3. The van der Waals surface area contributed by atoms with Crippen LogP contribution in [0.5, 0.6) is 0 Å². The Morgan fingerprint density at radius 3 is 3.04 bits per heavy atom. The molecule has 1 aliphatic heterocycles. The first-order valence-corrected chi connectivity index (χ1v) is 8.56. The van der Waals surface area contributed by atoms with Crippen molar-refractivity contribution in [1.82, 2.24) is 20.5 Å². The Bertz CT molecular complexity index is 682. The number of likely N-dealkylation sites (tertiary alicyclic amines) is 1. The predicted octanol–water partition coefficient (Wildman–Crippen LogP) is 1.76. The van der Waals surface area contributed by atoms with E-state index in [-0.39, 0.29) is 18.0 Å². The molecule has 1 aromatic heterocycles. The molecule has 0 radical (unpaired) electrons. The predicted molar refractivity (Wildman–Crippen MR) is 90.5 cm³/mol. The Hall–Kier alpha value is -2.15. The average Bonchev–Trinajstić information content (AvgIpc) is 2.93. The molecule has 1 atom stereocenters. The molecule has 0 saturated carbocycles. The van der Waals surface area contributed by atoms with Crippen molar-refractivity contribution in [2.24, 2.45) is 0 Å². The van der Waals surface area contributed by atoms with Gasteiger partial charge in [0.2, 0.25) is 5.91 Å². The van der Waals surface area contributed by atoms with Crippen LogP contribution in [0.2, 0.25) is 0 Å². The van der Waals surface area contributed by atoms with Gasteiger partial charge in [0.15, 0.2) is 0 Å². The second kappa shape index (κ2) is 6.95. The standard InChI is InChI=1S/C16H20N4O2S/c1-20-10-11(6-7-15(20)21)18-16(22)17-9-8-14-19-12-4-2-3-5-13(12)23-14/h2-5,11H,6-10H2,1H3,(H2,17,18,22). The minimum absolute atomic E-state index is 0.0279. The number of nitrogens with one attached hydrogen (secondary N) is 2. The van der Waals surface area contributed by atoms with E-state index in [0.29, 0.717) is 25.9 Å². The minimum Gasteiger partial charge on any atom is -0.344 e. The zero-order valence-electron chi connectivity index (χ0n) is 13.0. The first-order valence-electron chi connectivity index (χ1n) is 7.74. The highest BCUT2D eigenvalue weighted by Gasteiger charge is 2.23. The molecule has 6 nitrogen and oxygen atoms in total. The Labute approximate surface area is 138 Å². The summed E-state index contributed by atoms with van der Waals surface area (Å²) in [6, 6.07) is 7.87. The highest BCUT2D eigenvalue weighted by Crippen LogP contribution is 2.21. The second-order valence-corrected chi connectivity index (χ2v) is 6.85. The van der Waals surface area contributed by atoms with E-state index in [4.69, 9.17) is 0 Å². The highest BCUT2D eigenvalue weighted by molar-refractivity contribution is 7.18. The molecule has 122 valence electrons. The van der Waals surface area contributed by atoms with E-state index in [9.17, 15) is 9.59 Å². The molecule has 3 rings (SSSR count). The number of nitrogens with zero attached hydrogens (tertiary/aromatic N) is 2. The Balaban J connectivity index is 1.43. The molecular weight excluding hydrogens is 312 g/mol. The quantitative estimate of drug-likeness (QED) is 0.896. The van der Waals surface area contributed by atoms with Crippen molar-refractivity contribution in [2.45, 2.75) is 25.3 Å².